The summed E-state index contributed by atoms with van der Waals surface area (Å²) in [7, 11) is 1.50. The third-order valence-electron chi connectivity index (χ3n) is 5.08. The van der Waals surface area contributed by atoms with Gasteiger partial charge in [0, 0.05) is 12.0 Å². The fraction of sp³-hybridized carbons (Fsp3) is 0.263. The van der Waals surface area contributed by atoms with Gasteiger partial charge in [-0.2, -0.15) is 0 Å². The molecule has 6 heteroatoms. The van der Waals surface area contributed by atoms with Crippen LogP contribution in [0.1, 0.15) is 29.5 Å². The first-order valence-corrected chi connectivity index (χ1v) is 8.13. The Hall–Kier alpha value is -2.89. The number of hydrogen-bond donors (Lipinski definition) is 1. The van der Waals surface area contributed by atoms with Crippen LogP contribution in [-0.2, 0) is 0 Å². The Morgan fingerprint density at radius 1 is 1.28 bits per heavy atom. The van der Waals surface area contributed by atoms with E-state index in [0.29, 0.717) is 5.75 Å². The Kier molecular flexibility index (Phi) is 3.67. The van der Waals surface area contributed by atoms with Crippen LogP contribution in [0, 0.1) is 21.8 Å². The zero-order chi connectivity index (χ0) is 17.6. The van der Waals surface area contributed by atoms with E-state index in [-0.39, 0.29) is 29.4 Å². The summed E-state index contributed by atoms with van der Waals surface area (Å²) < 4.78 is 18.7. The Labute approximate surface area is 144 Å². The van der Waals surface area contributed by atoms with Crippen molar-refractivity contribution in [2.45, 2.75) is 18.4 Å². The topological polar surface area (TPSA) is 64.4 Å². The Balaban J connectivity index is 1.84. The molecule has 0 unspecified atom stereocenters. The summed E-state index contributed by atoms with van der Waals surface area (Å²) in [5.74, 6) is 0.481. The zero-order valence-corrected chi connectivity index (χ0v) is 13.6. The van der Waals surface area contributed by atoms with Crippen molar-refractivity contribution in [1.29, 1.82) is 0 Å². The maximum absolute atomic E-state index is 13.3. The predicted octanol–water partition coefficient (Wildman–Crippen LogP) is 4.57. The Morgan fingerprint density at radius 2 is 2.04 bits per heavy atom. The van der Waals surface area contributed by atoms with Gasteiger partial charge in [-0.15, -0.1) is 0 Å². The van der Waals surface area contributed by atoms with Gasteiger partial charge < -0.3 is 10.1 Å². The first kappa shape index (κ1) is 15.6. The normalized spacial score (nSPS) is 23.5. The lowest BCUT2D eigenvalue weighted by Gasteiger charge is -2.38. The van der Waals surface area contributed by atoms with Crippen LogP contribution in [0.3, 0.4) is 0 Å². The zero-order valence-electron chi connectivity index (χ0n) is 13.6. The summed E-state index contributed by atoms with van der Waals surface area (Å²) in [5, 5.41) is 14.7. The Morgan fingerprint density at radius 3 is 2.72 bits per heavy atom. The van der Waals surface area contributed by atoms with Crippen LogP contribution in [0.15, 0.2) is 48.6 Å². The third-order valence-corrected chi connectivity index (χ3v) is 5.08. The second-order valence-electron chi connectivity index (χ2n) is 6.40. The predicted molar refractivity (Wildman–Crippen MR) is 92.4 cm³/mol. The minimum absolute atomic E-state index is 0.0107. The highest BCUT2D eigenvalue weighted by Gasteiger charge is 2.40. The number of rotatable bonds is 3. The molecule has 2 aliphatic rings. The SMILES string of the molecule is COc1cc([N+](=O)[O-])cc2c1N[C@@H](c1ccc(F)cc1)[C@@H]1CC=C[C@@H]21. The maximum Gasteiger partial charge on any atom is 0.273 e. The smallest absolute Gasteiger partial charge is 0.273 e. The summed E-state index contributed by atoms with van der Waals surface area (Å²) in [4.78, 5) is 10.8. The van der Waals surface area contributed by atoms with Gasteiger partial charge in [0.05, 0.1) is 29.8 Å². The molecule has 0 fully saturated rings. The molecule has 3 atom stereocenters. The molecule has 4 rings (SSSR count). The molecule has 128 valence electrons. The number of methoxy groups -OCH3 is 1. The first-order valence-electron chi connectivity index (χ1n) is 8.13. The monoisotopic (exact) mass is 340 g/mol. The van der Waals surface area contributed by atoms with Gasteiger partial charge in [-0.1, -0.05) is 24.3 Å². The highest BCUT2D eigenvalue weighted by atomic mass is 19.1. The van der Waals surface area contributed by atoms with Gasteiger partial charge in [0.25, 0.3) is 5.69 Å². The fourth-order valence-electron chi connectivity index (χ4n) is 3.92. The minimum atomic E-state index is -0.400. The molecule has 0 spiro atoms. The number of nitro groups is 1. The number of halogens is 1. The number of nitrogens with zero attached hydrogens (tertiary/aromatic N) is 1. The number of nitro benzene ring substituents is 1. The molecule has 0 aromatic heterocycles. The minimum Gasteiger partial charge on any atom is -0.494 e. The van der Waals surface area contributed by atoms with Gasteiger partial charge in [0.2, 0.25) is 0 Å². The molecule has 1 N–H and O–H groups in total. The van der Waals surface area contributed by atoms with E-state index < -0.39 is 4.92 Å². The van der Waals surface area contributed by atoms with Crippen molar-refractivity contribution in [2.75, 3.05) is 12.4 Å². The number of anilines is 1. The van der Waals surface area contributed by atoms with Gasteiger partial charge in [0.1, 0.15) is 11.6 Å². The van der Waals surface area contributed by atoms with Crippen LogP contribution in [0.2, 0.25) is 0 Å². The van der Waals surface area contributed by atoms with E-state index in [9.17, 15) is 14.5 Å². The van der Waals surface area contributed by atoms with Crippen molar-refractivity contribution in [3.8, 4) is 5.75 Å². The van der Waals surface area contributed by atoms with Crippen LogP contribution in [-0.4, -0.2) is 12.0 Å². The highest BCUT2D eigenvalue weighted by molar-refractivity contribution is 5.71. The van der Waals surface area contributed by atoms with E-state index in [1.54, 1.807) is 18.2 Å². The molecule has 2 aromatic carbocycles. The van der Waals surface area contributed by atoms with Gasteiger partial charge in [0.15, 0.2) is 0 Å². The number of allylic oxidation sites excluding steroid dienone is 2. The van der Waals surface area contributed by atoms with Crippen LogP contribution in [0.4, 0.5) is 15.8 Å². The van der Waals surface area contributed by atoms with Crippen molar-refractivity contribution < 1.29 is 14.1 Å². The van der Waals surface area contributed by atoms with Crippen LogP contribution >= 0.6 is 0 Å². The van der Waals surface area contributed by atoms with Crippen molar-refractivity contribution >= 4 is 11.4 Å². The van der Waals surface area contributed by atoms with Crippen LogP contribution < -0.4 is 10.1 Å². The molecular weight excluding hydrogens is 323 g/mol. The van der Waals surface area contributed by atoms with Gasteiger partial charge in [-0.3, -0.25) is 10.1 Å². The number of ether oxygens (including phenoxy) is 1. The molecule has 5 nitrogen and oxygen atoms in total. The van der Waals surface area contributed by atoms with Gasteiger partial charge in [-0.25, -0.2) is 4.39 Å². The molecule has 0 saturated carbocycles. The van der Waals surface area contributed by atoms with Crippen molar-refractivity contribution in [2.24, 2.45) is 5.92 Å². The van der Waals surface area contributed by atoms with E-state index in [4.69, 9.17) is 4.74 Å². The van der Waals surface area contributed by atoms with Crippen molar-refractivity contribution in [3.63, 3.8) is 0 Å². The van der Waals surface area contributed by atoms with Gasteiger partial charge >= 0.3 is 0 Å². The van der Waals surface area contributed by atoms with Crippen molar-refractivity contribution in [1.82, 2.24) is 0 Å². The van der Waals surface area contributed by atoms with E-state index in [1.807, 2.05) is 0 Å². The average Bonchev–Trinajstić information content (AvgIpc) is 3.10. The molecule has 1 aliphatic heterocycles. The van der Waals surface area contributed by atoms with E-state index in [1.165, 1.54) is 25.3 Å². The average molecular weight is 340 g/mol. The molecule has 2 aromatic rings. The molecule has 0 bridgehead atoms. The van der Waals surface area contributed by atoms with E-state index in [2.05, 4.69) is 17.5 Å². The number of non-ortho nitro benzene ring substituents is 1. The van der Waals surface area contributed by atoms with Crippen LogP contribution in [0.25, 0.3) is 0 Å². The third kappa shape index (κ3) is 2.54. The molecule has 0 saturated heterocycles. The highest BCUT2D eigenvalue weighted by Crippen LogP contribution is 2.53. The molecule has 25 heavy (non-hydrogen) atoms. The fourth-order valence-corrected chi connectivity index (χ4v) is 3.92. The summed E-state index contributed by atoms with van der Waals surface area (Å²) in [6, 6.07) is 9.53. The number of hydrogen-bond acceptors (Lipinski definition) is 4. The summed E-state index contributed by atoms with van der Waals surface area (Å²) in [5.41, 5.74) is 2.67. The number of benzene rings is 2. The molecule has 1 heterocycles. The quantitative estimate of drug-likeness (QED) is 0.505. The largest absolute Gasteiger partial charge is 0.494 e. The van der Waals surface area contributed by atoms with Crippen LogP contribution in [0.5, 0.6) is 5.75 Å². The lowest BCUT2D eigenvalue weighted by molar-refractivity contribution is -0.385. The summed E-state index contributed by atoms with van der Waals surface area (Å²) >= 11 is 0. The maximum atomic E-state index is 13.3. The Bertz CT molecular complexity index is 864. The number of nitrogens with one attached hydrogen (secondary N) is 1. The van der Waals surface area contributed by atoms with Crippen molar-refractivity contribution in [3.05, 3.63) is 75.6 Å². The number of fused-ring (bicyclic) bond motifs is 3. The van der Waals surface area contributed by atoms with E-state index in [0.717, 1.165) is 23.2 Å². The standard InChI is InChI=1S/C19H17FN2O3/c1-25-17-10-13(22(23)24)9-16-14-3-2-4-15(14)18(21-19(16)17)11-5-7-12(20)8-6-11/h2-3,5-10,14-15,18,21H,4H2,1H3/t14-,15-,18+/m1/s1. The summed E-state index contributed by atoms with van der Waals surface area (Å²) in [6.45, 7) is 0. The second kappa shape index (κ2) is 5.88. The lowest BCUT2D eigenvalue weighted by atomic mass is 9.76. The summed E-state index contributed by atoms with van der Waals surface area (Å²) in [6.07, 6.45) is 5.07. The van der Waals surface area contributed by atoms with E-state index >= 15 is 0 Å². The second-order valence-corrected chi connectivity index (χ2v) is 6.40. The molecular formula is C19H17FN2O3. The lowest BCUT2D eigenvalue weighted by Crippen LogP contribution is -2.29. The molecule has 0 radical (unpaired) electrons. The molecule has 0 amide bonds. The molecule has 1 aliphatic carbocycles. The van der Waals surface area contributed by atoms with Gasteiger partial charge in [-0.05, 0) is 35.6 Å². The first-order chi connectivity index (χ1) is 12.1.